The predicted molar refractivity (Wildman–Crippen MR) is 91.8 cm³/mol. The van der Waals surface area contributed by atoms with Crippen molar-refractivity contribution in [2.75, 3.05) is 0 Å². The van der Waals surface area contributed by atoms with Gasteiger partial charge in [-0.1, -0.05) is 51.1 Å². The van der Waals surface area contributed by atoms with Gasteiger partial charge in [-0.3, -0.25) is 9.59 Å². The van der Waals surface area contributed by atoms with E-state index in [-0.39, 0.29) is 18.6 Å². The lowest BCUT2D eigenvalue weighted by atomic mass is 9.80. The summed E-state index contributed by atoms with van der Waals surface area (Å²) in [5.74, 6) is -1.66. The summed E-state index contributed by atoms with van der Waals surface area (Å²) in [6, 6.07) is 9.09. The Kier molecular flexibility index (Phi) is 4.65. The van der Waals surface area contributed by atoms with Gasteiger partial charge in [0.15, 0.2) is 17.5 Å². The molecule has 0 bridgehead atoms. The lowest BCUT2D eigenvalue weighted by Crippen LogP contribution is -2.41. The molecule has 26 heavy (non-hydrogen) atoms. The van der Waals surface area contributed by atoms with Gasteiger partial charge in [-0.15, -0.1) is 0 Å². The lowest BCUT2D eigenvalue weighted by Gasteiger charge is -2.32. The molecule has 2 fully saturated rings. The fourth-order valence-electron chi connectivity index (χ4n) is 3.62. The molecule has 140 valence electrons. The summed E-state index contributed by atoms with van der Waals surface area (Å²) >= 11 is 0. The van der Waals surface area contributed by atoms with Gasteiger partial charge in [0.2, 0.25) is 6.29 Å². The van der Waals surface area contributed by atoms with Gasteiger partial charge in [-0.25, -0.2) is 4.79 Å². The molecule has 1 saturated heterocycles. The van der Waals surface area contributed by atoms with Crippen LogP contribution in [0.5, 0.6) is 0 Å². The number of hydrogen-bond acceptors (Lipinski definition) is 6. The summed E-state index contributed by atoms with van der Waals surface area (Å²) < 4.78 is 16.9. The second-order valence-electron chi connectivity index (χ2n) is 8.02. The second-order valence-corrected chi connectivity index (χ2v) is 8.02. The Balaban J connectivity index is 2.00. The zero-order valence-corrected chi connectivity index (χ0v) is 15.5. The average Bonchev–Trinajstić information content (AvgIpc) is 3.09. The van der Waals surface area contributed by atoms with E-state index in [0.717, 1.165) is 0 Å². The van der Waals surface area contributed by atoms with Gasteiger partial charge >= 0.3 is 11.9 Å². The van der Waals surface area contributed by atoms with Crippen LogP contribution in [0, 0.1) is 11.3 Å². The Morgan fingerprint density at radius 2 is 1.85 bits per heavy atom. The highest BCUT2D eigenvalue weighted by Crippen LogP contribution is 2.50. The van der Waals surface area contributed by atoms with E-state index in [1.54, 1.807) is 12.1 Å². The van der Waals surface area contributed by atoms with Crippen molar-refractivity contribution < 1.29 is 28.6 Å². The van der Waals surface area contributed by atoms with E-state index in [2.05, 4.69) is 0 Å². The third-order valence-electron chi connectivity index (χ3n) is 4.91. The third kappa shape index (κ3) is 3.14. The van der Waals surface area contributed by atoms with Crippen LogP contribution >= 0.6 is 0 Å². The standard InChI is InChI=1S/C20H24O6/c1-12(21)24-16-11-14(10-15(16)22)20(13-8-6-5-7-9-13)17(23)25-18(26-20)19(2,3)4/h5-9,14,16,18H,10-11H2,1-4H3/t14?,16?,18-,20-/m0/s1. The number of ether oxygens (including phenoxy) is 3. The van der Waals surface area contributed by atoms with Crippen LogP contribution in [0.25, 0.3) is 0 Å². The van der Waals surface area contributed by atoms with Gasteiger partial charge in [0.05, 0.1) is 0 Å². The number of ketones is 1. The molecule has 1 aliphatic heterocycles. The fourth-order valence-corrected chi connectivity index (χ4v) is 3.62. The molecule has 2 aliphatic rings. The zero-order chi connectivity index (χ0) is 19.1. The largest absolute Gasteiger partial charge is 0.455 e. The van der Waals surface area contributed by atoms with E-state index < -0.39 is 41.3 Å². The second kappa shape index (κ2) is 6.50. The van der Waals surface area contributed by atoms with Gasteiger partial charge in [0, 0.05) is 24.7 Å². The summed E-state index contributed by atoms with van der Waals surface area (Å²) in [7, 11) is 0. The van der Waals surface area contributed by atoms with Crippen molar-refractivity contribution in [3.63, 3.8) is 0 Å². The van der Waals surface area contributed by atoms with Crippen LogP contribution in [-0.2, 0) is 34.2 Å². The number of rotatable bonds is 3. The van der Waals surface area contributed by atoms with Crippen molar-refractivity contribution in [1.29, 1.82) is 0 Å². The van der Waals surface area contributed by atoms with Crippen molar-refractivity contribution in [3.05, 3.63) is 35.9 Å². The number of carbonyl (C=O) groups is 3. The number of Topliss-reactive ketones (excluding diaryl/α,β-unsaturated/α-hetero) is 1. The first-order chi connectivity index (χ1) is 12.1. The van der Waals surface area contributed by atoms with Crippen molar-refractivity contribution in [1.82, 2.24) is 0 Å². The molecule has 1 heterocycles. The Morgan fingerprint density at radius 3 is 2.38 bits per heavy atom. The average molecular weight is 360 g/mol. The molecule has 0 radical (unpaired) electrons. The molecule has 0 spiro atoms. The summed E-state index contributed by atoms with van der Waals surface area (Å²) in [4.78, 5) is 36.6. The van der Waals surface area contributed by atoms with E-state index in [1.807, 2.05) is 39.0 Å². The molecule has 6 heteroatoms. The molecule has 1 aliphatic carbocycles. The van der Waals surface area contributed by atoms with E-state index in [4.69, 9.17) is 14.2 Å². The Bertz CT molecular complexity index is 720. The maximum Gasteiger partial charge on any atom is 0.345 e. The molecule has 4 atom stereocenters. The van der Waals surface area contributed by atoms with Gasteiger partial charge in [0.25, 0.3) is 0 Å². The molecular weight excluding hydrogens is 336 g/mol. The van der Waals surface area contributed by atoms with E-state index in [0.29, 0.717) is 5.56 Å². The van der Waals surface area contributed by atoms with Crippen molar-refractivity contribution in [2.24, 2.45) is 11.3 Å². The monoisotopic (exact) mass is 360 g/mol. The normalized spacial score (nSPS) is 31.8. The van der Waals surface area contributed by atoms with Gasteiger partial charge < -0.3 is 14.2 Å². The first kappa shape index (κ1) is 18.6. The minimum absolute atomic E-state index is 0.0960. The van der Waals surface area contributed by atoms with Crippen molar-refractivity contribution in [3.8, 4) is 0 Å². The van der Waals surface area contributed by atoms with E-state index in [9.17, 15) is 14.4 Å². The molecule has 6 nitrogen and oxygen atoms in total. The van der Waals surface area contributed by atoms with Crippen LogP contribution in [0.1, 0.15) is 46.1 Å². The SMILES string of the molecule is CC(=O)OC1CC([C@]2(c3ccccc3)O[C@@H](C(C)(C)C)OC2=O)CC1=O. The lowest BCUT2D eigenvalue weighted by molar-refractivity contribution is -0.163. The quantitative estimate of drug-likeness (QED) is 0.771. The Hall–Kier alpha value is -2.21. The summed E-state index contributed by atoms with van der Waals surface area (Å²) in [6.07, 6.45) is -1.24. The molecule has 2 unspecified atom stereocenters. The zero-order valence-electron chi connectivity index (χ0n) is 15.5. The van der Waals surface area contributed by atoms with Gasteiger partial charge in [0.1, 0.15) is 0 Å². The van der Waals surface area contributed by atoms with Crippen LogP contribution in [0.3, 0.4) is 0 Å². The van der Waals surface area contributed by atoms with Crippen LogP contribution in [0.2, 0.25) is 0 Å². The van der Waals surface area contributed by atoms with Gasteiger partial charge in [-0.05, 0) is 12.0 Å². The first-order valence-corrected chi connectivity index (χ1v) is 8.79. The number of carbonyl (C=O) groups excluding carboxylic acids is 3. The van der Waals surface area contributed by atoms with Crippen LogP contribution < -0.4 is 0 Å². The van der Waals surface area contributed by atoms with E-state index in [1.165, 1.54) is 6.92 Å². The summed E-state index contributed by atoms with van der Waals surface area (Å²) in [5, 5.41) is 0. The Labute approximate surface area is 152 Å². The highest BCUT2D eigenvalue weighted by atomic mass is 16.8. The van der Waals surface area contributed by atoms with Crippen LogP contribution in [0.4, 0.5) is 0 Å². The van der Waals surface area contributed by atoms with Crippen molar-refractivity contribution >= 4 is 17.7 Å². The fraction of sp³-hybridized carbons (Fsp3) is 0.550. The highest BCUT2D eigenvalue weighted by molar-refractivity contribution is 5.90. The smallest absolute Gasteiger partial charge is 0.345 e. The highest BCUT2D eigenvalue weighted by Gasteiger charge is 2.61. The van der Waals surface area contributed by atoms with Crippen LogP contribution in [-0.4, -0.2) is 30.1 Å². The van der Waals surface area contributed by atoms with Crippen molar-refractivity contribution in [2.45, 2.75) is 58.5 Å². The summed E-state index contributed by atoms with van der Waals surface area (Å²) in [6.45, 7) is 7.04. The molecule has 0 aromatic heterocycles. The molecule has 0 amide bonds. The number of cyclic esters (lactones) is 1. The molecule has 1 aromatic carbocycles. The molecule has 1 aromatic rings. The summed E-state index contributed by atoms with van der Waals surface area (Å²) in [5.41, 5.74) is -1.13. The first-order valence-electron chi connectivity index (χ1n) is 8.79. The maximum absolute atomic E-state index is 13.0. The molecule has 1 saturated carbocycles. The minimum Gasteiger partial charge on any atom is -0.455 e. The molecule has 3 rings (SSSR count). The Morgan fingerprint density at radius 1 is 1.19 bits per heavy atom. The number of benzene rings is 1. The van der Waals surface area contributed by atoms with Crippen LogP contribution in [0.15, 0.2) is 30.3 Å². The number of esters is 2. The topological polar surface area (TPSA) is 78.9 Å². The maximum atomic E-state index is 13.0. The number of hydrogen-bond donors (Lipinski definition) is 0. The predicted octanol–water partition coefficient (Wildman–Crippen LogP) is 2.74. The van der Waals surface area contributed by atoms with Gasteiger partial charge in [-0.2, -0.15) is 0 Å². The minimum atomic E-state index is -1.37. The molecule has 0 N–H and O–H groups in total. The van der Waals surface area contributed by atoms with E-state index >= 15 is 0 Å². The third-order valence-corrected chi connectivity index (χ3v) is 4.91. The molecular formula is C20H24O6.